The van der Waals surface area contributed by atoms with Crippen molar-refractivity contribution in [1.29, 1.82) is 0 Å². The number of aryl methyl sites for hydroxylation is 1. The van der Waals surface area contributed by atoms with Crippen LogP contribution in [0.25, 0.3) is 0 Å². The van der Waals surface area contributed by atoms with Gasteiger partial charge in [-0.25, -0.2) is 0 Å². The molecule has 1 aromatic heterocycles. The van der Waals surface area contributed by atoms with Crippen LogP contribution in [0.1, 0.15) is 54.6 Å². The van der Waals surface area contributed by atoms with E-state index in [0.29, 0.717) is 5.41 Å². The highest BCUT2D eigenvalue weighted by Crippen LogP contribution is 2.53. The maximum atomic E-state index is 6.35. The number of nitrogens with two attached hydrogens (primary N) is 1. The van der Waals surface area contributed by atoms with Crippen molar-refractivity contribution >= 4 is 5.69 Å². The van der Waals surface area contributed by atoms with E-state index < -0.39 is 0 Å². The van der Waals surface area contributed by atoms with Crippen LogP contribution in [0.5, 0.6) is 0 Å². The summed E-state index contributed by atoms with van der Waals surface area (Å²) in [5.41, 5.74) is 13.4. The van der Waals surface area contributed by atoms with Crippen molar-refractivity contribution in [3.63, 3.8) is 0 Å². The molecule has 0 amide bonds. The van der Waals surface area contributed by atoms with Gasteiger partial charge in [0.05, 0.1) is 5.69 Å². The van der Waals surface area contributed by atoms with Gasteiger partial charge in [-0.05, 0) is 56.1 Å². The monoisotopic (exact) mass is 214 g/mol. The van der Waals surface area contributed by atoms with Crippen LogP contribution in [0.2, 0.25) is 0 Å². The van der Waals surface area contributed by atoms with Crippen molar-refractivity contribution in [2.24, 2.45) is 0 Å². The Morgan fingerprint density at radius 2 is 1.81 bits per heavy atom. The van der Waals surface area contributed by atoms with Gasteiger partial charge < -0.3 is 5.73 Å². The molecule has 1 spiro atoms. The Balaban J connectivity index is 1.95. The molecule has 1 saturated carbocycles. The van der Waals surface area contributed by atoms with Gasteiger partial charge >= 0.3 is 0 Å². The highest BCUT2D eigenvalue weighted by molar-refractivity contribution is 5.61. The first-order chi connectivity index (χ1) is 7.80. The van der Waals surface area contributed by atoms with Crippen molar-refractivity contribution < 1.29 is 0 Å². The molecule has 0 radical (unpaired) electrons. The molecule has 16 heavy (non-hydrogen) atoms. The quantitative estimate of drug-likeness (QED) is 0.720. The molecule has 3 aliphatic carbocycles. The molecule has 0 atom stereocenters. The number of fused-ring (bicyclic) bond motifs is 3. The smallest absolute Gasteiger partial charge is 0.0521 e. The fourth-order valence-corrected chi connectivity index (χ4v) is 3.92. The molecular weight excluding hydrogens is 196 g/mol. The van der Waals surface area contributed by atoms with Crippen LogP contribution in [0, 0.1) is 0 Å². The van der Waals surface area contributed by atoms with Crippen molar-refractivity contribution in [1.82, 2.24) is 4.98 Å². The predicted octanol–water partition coefficient (Wildman–Crippen LogP) is 2.52. The number of pyridine rings is 1. The number of nitrogens with zero attached hydrogens (tertiary/aromatic N) is 1. The van der Waals surface area contributed by atoms with Crippen LogP contribution >= 0.6 is 0 Å². The zero-order valence-corrected chi connectivity index (χ0v) is 9.68. The van der Waals surface area contributed by atoms with Crippen molar-refractivity contribution in [2.45, 2.75) is 56.8 Å². The molecule has 2 N–H and O–H groups in total. The molecule has 84 valence electrons. The van der Waals surface area contributed by atoms with E-state index in [1.165, 1.54) is 61.0 Å². The molecular formula is C14H18N2. The van der Waals surface area contributed by atoms with Crippen LogP contribution in [-0.2, 0) is 24.7 Å². The van der Waals surface area contributed by atoms with Gasteiger partial charge in [0.25, 0.3) is 0 Å². The highest BCUT2D eigenvalue weighted by atomic mass is 14.8. The van der Waals surface area contributed by atoms with E-state index in [9.17, 15) is 0 Å². The molecule has 0 saturated heterocycles. The number of hydrogen-bond acceptors (Lipinski definition) is 2. The van der Waals surface area contributed by atoms with Gasteiger partial charge in [0.1, 0.15) is 0 Å². The maximum Gasteiger partial charge on any atom is 0.0521 e. The Hall–Kier alpha value is -1.05. The van der Waals surface area contributed by atoms with Gasteiger partial charge in [0.2, 0.25) is 0 Å². The summed E-state index contributed by atoms with van der Waals surface area (Å²) in [7, 11) is 0. The lowest BCUT2D eigenvalue weighted by molar-refractivity contribution is 0.237. The summed E-state index contributed by atoms with van der Waals surface area (Å²) in [6.07, 6.45) is 10.2. The molecule has 4 rings (SSSR count). The Morgan fingerprint density at radius 3 is 2.56 bits per heavy atom. The Kier molecular flexibility index (Phi) is 1.58. The summed E-state index contributed by atoms with van der Waals surface area (Å²) in [4.78, 5) is 4.99. The fourth-order valence-electron chi connectivity index (χ4n) is 3.92. The largest absolute Gasteiger partial charge is 0.398 e. The standard InChI is InChI=1S/C14H18N2/c15-12-9-3-1-4-11(9)16-13-10(12)5-8-14(13)6-2-7-14/h1-8H2,(H2,15,16). The van der Waals surface area contributed by atoms with E-state index in [1.54, 1.807) is 0 Å². The topological polar surface area (TPSA) is 38.9 Å². The molecule has 0 aliphatic heterocycles. The van der Waals surface area contributed by atoms with Crippen LogP contribution in [-0.4, -0.2) is 4.98 Å². The molecule has 0 unspecified atom stereocenters. The van der Waals surface area contributed by atoms with E-state index in [1.807, 2.05) is 0 Å². The average molecular weight is 214 g/mol. The van der Waals surface area contributed by atoms with Crippen molar-refractivity contribution in [3.05, 3.63) is 22.5 Å². The summed E-state index contributed by atoms with van der Waals surface area (Å²) >= 11 is 0. The minimum atomic E-state index is 0.459. The van der Waals surface area contributed by atoms with Crippen LogP contribution in [0.15, 0.2) is 0 Å². The summed E-state index contributed by atoms with van der Waals surface area (Å²) in [5.74, 6) is 0. The lowest BCUT2D eigenvalue weighted by Crippen LogP contribution is -2.32. The third-order valence-corrected chi connectivity index (χ3v) is 5.04. The summed E-state index contributed by atoms with van der Waals surface area (Å²) < 4.78 is 0. The van der Waals surface area contributed by atoms with E-state index >= 15 is 0 Å². The SMILES string of the molecule is Nc1c2c(nc3c1CCC31CCC1)CCC2. The zero-order valence-electron chi connectivity index (χ0n) is 9.68. The molecule has 1 aromatic rings. The molecule has 0 bridgehead atoms. The molecule has 3 aliphatic rings. The van der Waals surface area contributed by atoms with Crippen molar-refractivity contribution in [3.8, 4) is 0 Å². The van der Waals surface area contributed by atoms with E-state index in [-0.39, 0.29) is 0 Å². The summed E-state index contributed by atoms with van der Waals surface area (Å²) in [6, 6.07) is 0. The lowest BCUT2D eigenvalue weighted by atomic mass is 9.67. The third kappa shape index (κ3) is 0.915. The first kappa shape index (κ1) is 9.03. The highest BCUT2D eigenvalue weighted by Gasteiger charge is 2.46. The number of hydrogen-bond donors (Lipinski definition) is 1. The first-order valence-electron chi connectivity index (χ1n) is 6.61. The van der Waals surface area contributed by atoms with Gasteiger partial charge in [-0.2, -0.15) is 0 Å². The van der Waals surface area contributed by atoms with E-state index in [0.717, 1.165) is 18.5 Å². The molecule has 1 heterocycles. The average Bonchev–Trinajstić information content (AvgIpc) is 2.80. The zero-order chi connectivity index (χ0) is 10.8. The molecule has 2 heteroatoms. The number of nitrogen functional groups attached to an aromatic ring is 1. The van der Waals surface area contributed by atoms with E-state index in [4.69, 9.17) is 10.7 Å². The minimum Gasteiger partial charge on any atom is -0.398 e. The van der Waals surface area contributed by atoms with Crippen LogP contribution < -0.4 is 5.73 Å². The lowest BCUT2D eigenvalue weighted by Gasteiger charge is -2.38. The molecule has 1 fully saturated rings. The Morgan fingerprint density at radius 1 is 0.938 bits per heavy atom. The number of aromatic nitrogens is 1. The van der Waals surface area contributed by atoms with Crippen LogP contribution in [0.4, 0.5) is 5.69 Å². The van der Waals surface area contributed by atoms with E-state index in [2.05, 4.69) is 0 Å². The normalized spacial score (nSPS) is 24.2. The Labute approximate surface area is 96.3 Å². The number of anilines is 1. The second-order valence-corrected chi connectivity index (χ2v) is 5.77. The third-order valence-electron chi connectivity index (χ3n) is 5.04. The maximum absolute atomic E-state index is 6.35. The Bertz CT molecular complexity index is 472. The van der Waals surface area contributed by atoms with Gasteiger partial charge in [0.15, 0.2) is 0 Å². The van der Waals surface area contributed by atoms with Crippen LogP contribution in [0.3, 0.4) is 0 Å². The number of rotatable bonds is 0. The molecule has 2 nitrogen and oxygen atoms in total. The first-order valence-corrected chi connectivity index (χ1v) is 6.61. The fraction of sp³-hybridized carbons (Fsp3) is 0.643. The molecule has 0 aromatic carbocycles. The summed E-state index contributed by atoms with van der Waals surface area (Å²) in [6.45, 7) is 0. The minimum absolute atomic E-state index is 0.459. The predicted molar refractivity (Wildman–Crippen MR) is 64.5 cm³/mol. The van der Waals surface area contributed by atoms with Crippen molar-refractivity contribution in [2.75, 3.05) is 5.73 Å². The second kappa shape index (κ2) is 2.79. The van der Waals surface area contributed by atoms with Gasteiger partial charge in [-0.1, -0.05) is 6.42 Å². The van der Waals surface area contributed by atoms with Gasteiger partial charge in [-0.15, -0.1) is 0 Å². The van der Waals surface area contributed by atoms with Gasteiger partial charge in [0, 0.05) is 16.8 Å². The van der Waals surface area contributed by atoms with Gasteiger partial charge in [-0.3, -0.25) is 4.98 Å². The second-order valence-electron chi connectivity index (χ2n) is 5.77. The summed E-state index contributed by atoms with van der Waals surface area (Å²) in [5, 5.41) is 0.